The van der Waals surface area contributed by atoms with Gasteiger partial charge >= 0.3 is 5.97 Å². The molecule has 0 aliphatic carbocycles. The number of carboxylic acid groups (broad SMARTS) is 1. The maximum Gasteiger partial charge on any atom is 0.326 e. The number of hydrogen-bond acceptors (Lipinski definition) is 4. The van der Waals surface area contributed by atoms with Gasteiger partial charge in [0.25, 0.3) is 5.91 Å². The number of amides is 2. The minimum absolute atomic E-state index is 0.385. The smallest absolute Gasteiger partial charge is 0.326 e. The first-order valence-electron chi connectivity index (χ1n) is 5.99. The third kappa shape index (κ3) is 5.70. The van der Waals surface area contributed by atoms with E-state index in [1.165, 1.54) is 0 Å². The van der Waals surface area contributed by atoms with Crippen molar-refractivity contribution in [2.24, 2.45) is 5.73 Å². The molecule has 1 rings (SSSR count). The number of primary amides is 1. The number of hydrogen-bond donors (Lipinski definition) is 3. The zero-order valence-electron chi connectivity index (χ0n) is 11.3. The minimum atomic E-state index is -1.37. The Morgan fingerprint density at radius 2 is 2.10 bits per heavy atom. The molecule has 0 aliphatic heterocycles. The minimum Gasteiger partial charge on any atom is -0.484 e. The third-order valence-corrected chi connectivity index (χ3v) is 2.96. The van der Waals surface area contributed by atoms with Crippen molar-refractivity contribution in [1.29, 1.82) is 0 Å². The quantitative estimate of drug-likeness (QED) is 0.676. The number of carboxylic acids is 1. The van der Waals surface area contributed by atoms with Gasteiger partial charge in [-0.25, -0.2) is 4.79 Å². The molecule has 0 heterocycles. The van der Waals surface area contributed by atoms with Gasteiger partial charge in [0.2, 0.25) is 5.91 Å². The highest BCUT2D eigenvalue weighted by molar-refractivity contribution is 6.31. The van der Waals surface area contributed by atoms with E-state index in [0.29, 0.717) is 10.8 Å². The Labute approximate surface area is 126 Å². The molecular formula is C13H15ClN2O5. The largest absolute Gasteiger partial charge is 0.484 e. The molecule has 4 N–H and O–H groups in total. The summed E-state index contributed by atoms with van der Waals surface area (Å²) in [6, 6.07) is 3.48. The molecule has 0 fully saturated rings. The number of nitrogens with one attached hydrogen (secondary N) is 1. The van der Waals surface area contributed by atoms with Crippen LogP contribution in [0.25, 0.3) is 0 Å². The van der Waals surface area contributed by atoms with E-state index in [1.54, 1.807) is 25.1 Å². The molecule has 1 aromatic carbocycles. The second-order valence-electron chi connectivity index (χ2n) is 4.33. The van der Waals surface area contributed by atoms with Gasteiger partial charge in [-0.1, -0.05) is 11.6 Å². The summed E-state index contributed by atoms with van der Waals surface area (Å²) >= 11 is 5.85. The molecule has 8 heteroatoms. The Hall–Kier alpha value is -2.28. The van der Waals surface area contributed by atoms with Gasteiger partial charge in [0, 0.05) is 5.02 Å². The number of carbonyl (C=O) groups excluding carboxylic acids is 2. The van der Waals surface area contributed by atoms with Crippen LogP contribution < -0.4 is 15.8 Å². The lowest BCUT2D eigenvalue weighted by molar-refractivity contribution is -0.143. The number of ether oxygens (including phenoxy) is 1. The lowest BCUT2D eigenvalue weighted by Gasteiger charge is -2.13. The van der Waals surface area contributed by atoms with Gasteiger partial charge < -0.3 is 20.9 Å². The van der Waals surface area contributed by atoms with E-state index in [2.05, 4.69) is 5.32 Å². The van der Waals surface area contributed by atoms with Gasteiger partial charge in [0.15, 0.2) is 6.61 Å². The van der Waals surface area contributed by atoms with E-state index in [9.17, 15) is 14.4 Å². The molecule has 2 amide bonds. The Kier molecular flexibility index (Phi) is 5.98. The van der Waals surface area contributed by atoms with Crippen LogP contribution in [0.15, 0.2) is 18.2 Å². The normalized spacial score (nSPS) is 11.5. The number of aryl methyl sites for hydroxylation is 1. The van der Waals surface area contributed by atoms with Crippen LogP contribution in [-0.2, 0) is 14.4 Å². The number of aliphatic carboxylic acids is 1. The van der Waals surface area contributed by atoms with Crippen LogP contribution in [0.3, 0.4) is 0 Å². The summed E-state index contributed by atoms with van der Waals surface area (Å²) in [5, 5.41) is 11.6. The topological polar surface area (TPSA) is 119 Å². The molecule has 0 spiro atoms. The molecule has 1 aromatic rings. The zero-order valence-corrected chi connectivity index (χ0v) is 12.0. The fourth-order valence-corrected chi connectivity index (χ4v) is 1.61. The van der Waals surface area contributed by atoms with Crippen molar-refractivity contribution in [2.45, 2.75) is 19.4 Å². The van der Waals surface area contributed by atoms with E-state index in [-0.39, 0.29) is 6.61 Å². The number of benzene rings is 1. The van der Waals surface area contributed by atoms with Crippen LogP contribution in [0.2, 0.25) is 5.02 Å². The lowest BCUT2D eigenvalue weighted by Crippen LogP contribution is -2.45. The molecule has 7 nitrogen and oxygen atoms in total. The van der Waals surface area contributed by atoms with E-state index < -0.39 is 30.2 Å². The average Bonchev–Trinajstić information content (AvgIpc) is 2.38. The first-order valence-corrected chi connectivity index (χ1v) is 6.37. The first-order chi connectivity index (χ1) is 9.79. The second-order valence-corrected chi connectivity index (χ2v) is 4.74. The van der Waals surface area contributed by atoms with Crippen molar-refractivity contribution in [3.8, 4) is 5.75 Å². The van der Waals surface area contributed by atoms with E-state index >= 15 is 0 Å². The highest BCUT2D eigenvalue weighted by Gasteiger charge is 2.22. The zero-order chi connectivity index (χ0) is 16.0. The summed E-state index contributed by atoms with van der Waals surface area (Å²) in [6.07, 6.45) is -0.485. The van der Waals surface area contributed by atoms with Crippen molar-refractivity contribution in [3.05, 3.63) is 28.8 Å². The van der Waals surface area contributed by atoms with Crippen LogP contribution >= 0.6 is 11.6 Å². The van der Waals surface area contributed by atoms with Crippen molar-refractivity contribution in [2.75, 3.05) is 6.61 Å². The summed E-state index contributed by atoms with van der Waals surface area (Å²) < 4.78 is 5.21. The van der Waals surface area contributed by atoms with Crippen molar-refractivity contribution >= 4 is 29.4 Å². The molecule has 0 radical (unpaired) electrons. The molecule has 0 saturated heterocycles. The number of carbonyl (C=O) groups is 3. The maximum absolute atomic E-state index is 11.6. The van der Waals surface area contributed by atoms with Gasteiger partial charge in [-0.15, -0.1) is 0 Å². The molecule has 0 saturated carbocycles. The van der Waals surface area contributed by atoms with Crippen molar-refractivity contribution in [1.82, 2.24) is 5.32 Å². The lowest BCUT2D eigenvalue weighted by atomic mass is 10.2. The van der Waals surface area contributed by atoms with Crippen LogP contribution in [0.4, 0.5) is 0 Å². The van der Waals surface area contributed by atoms with Crippen LogP contribution in [0, 0.1) is 6.92 Å². The highest BCUT2D eigenvalue weighted by Crippen LogP contribution is 2.20. The Morgan fingerprint density at radius 1 is 1.43 bits per heavy atom. The Morgan fingerprint density at radius 3 is 2.62 bits per heavy atom. The highest BCUT2D eigenvalue weighted by atomic mass is 35.5. The fourth-order valence-electron chi connectivity index (χ4n) is 1.49. The molecule has 21 heavy (non-hydrogen) atoms. The van der Waals surface area contributed by atoms with Crippen LogP contribution in [0.1, 0.15) is 12.0 Å². The maximum atomic E-state index is 11.6. The standard InChI is InChI=1S/C13H15ClN2O5/c1-7-4-8(2-3-9(7)14)21-6-12(18)16-10(13(19)20)5-11(15)17/h2-4,10H,5-6H2,1H3,(H2,15,17)(H,16,18)(H,19,20). The van der Waals surface area contributed by atoms with Crippen molar-refractivity contribution in [3.63, 3.8) is 0 Å². The van der Waals surface area contributed by atoms with Crippen molar-refractivity contribution < 1.29 is 24.2 Å². The van der Waals surface area contributed by atoms with E-state index in [1.807, 2.05) is 0 Å². The second kappa shape index (κ2) is 7.49. The first kappa shape index (κ1) is 16.8. The average molecular weight is 315 g/mol. The van der Waals surface area contributed by atoms with Gasteiger partial charge in [0.05, 0.1) is 6.42 Å². The summed E-state index contributed by atoms with van der Waals surface area (Å²) in [4.78, 5) is 33.1. The molecule has 114 valence electrons. The molecular weight excluding hydrogens is 300 g/mol. The summed E-state index contributed by atoms with van der Waals surface area (Å²) in [7, 11) is 0. The monoisotopic (exact) mass is 314 g/mol. The van der Waals surface area contributed by atoms with E-state index in [0.717, 1.165) is 5.56 Å². The Balaban J connectivity index is 2.54. The van der Waals surface area contributed by atoms with Gasteiger partial charge in [0.1, 0.15) is 11.8 Å². The predicted molar refractivity (Wildman–Crippen MR) is 75.1 cm³/mol. The number of halogens is 1. The number of nitrogens with two attached hydrogens (primary N) is 1. The summed E-state index contributed by atoms with van der Waals surface area (Å²) in [6.45, 7) is 1.40. The van der Waals surface area contributed by atoms with Crippen LogP contribution in [0.5, 0.6) is 5.75 Å². The third-order valence-electron chi connectivity index (χ3n) is 2.54. The fraction of sp³-hybridized carbons (Fsp3) is 0.308. The van der Waals surface area contributed by atoms with Gasteiger partial charge in [-0.2, -0.15) is 0 Å². The number of rotatable bonds is 7. The van der Waals surface area contributed by atoms with E-state index in [4.69, 9.17) is 27.2 Å². The predicted octanol–water partition coefficient (Wildman–Crippen LogP) is 0.472. The summed E-state index contributed by atoms with van der Waals surface area (Å²) in [5.74, 6) is -2.41. The van der Waals surface area contributed by atoms with Crippen LogP contribution in [-0.4, -0.2) is 35.5 Å². The molecule has 1 atom stereocenters. The molecule has 0 bridgehead atoms. The van der Waals surface area contributed by atoms with Gasteiger partial charge in [-0.05, 0) is 30.7 Å². The SMILES string of the molecule is Cc1cc(OCC(=O)NC(CC(N)=O)C(=O)O)ccc1Cl. The summed E-state index contributed by atoms with van der Waals surface area (Å²) in [5.41, 5.74) is 5.69. The molecule has 1 unspecified atom stereocenters. The molecule has 0 aromatic heterocycles. The molecule has 0 aliphatic rings. The van der Waals surface area contributed by atoms with Gasteiger partial charge in [-0.3, -0.25) is 9.59 Å². The Bertz CT molecular complexity index is 561.